The molecular formula is C13H10N2O6. The first-order valence-electron chi connectivity index (χ1n) is 5.78. The van der Waals surface area contributed by atoms with E-state index in [1.807, 2.05) is 0 Å². The van der Waals surface area contributed by atoms with E-state index in [9.17, 15) is 19.2 Å². The first-order valence-corrected chi connectivity index (χ1v) is 5.78. The summed E-state index contributed by atoms with van der Waals surface area (Å²) in [6.45, 7) is -0.959. The lowest BCUT2D eigenvalue weighted by molar-refractivity contribution is 0.0670. The highest BCUT2D eigenvalue weighted by Gasteiger charge is 2.22. The molecule has 21 heavy (non-hydrogen) atoms. The molecule has 0 aliphatic rings. The number of aromatic nitrogens is 2. The van der Waals surface area contributed by atoms with E-state index in [0.717, 1.165) is 0 Å². The van der Waals surface area contributed by atoms with Gasteiger partial charge < -0.3 is 10.2 Å². The number of aromatic carboxylic acids is 1. The molecule has 1 aromatic carbocycles. The molecule has 0 fully saturated rings. The molecule has 0 bridgehead atoms. The van der Waals surface area contributed by atoms with Gasteiger partial charge in [-0.3, -0.25) is 9.59 Å². The van der Waals surface area contributed by atoms with Crippen LogP contribution in [0.3, 0.4) is 0 Å². The predicted molar refractivity (Wildman–Crippen MR) is 70.3 cm³/mol. The molecule has 2 aromatic rings. The Bertz CT molecular complexity index is 819. The van der Waals surface area contributed by atoms with Crippen molar-refractivity contribution in [3.8, 4) is 0 Å². The topological polar surface area (TPSA) is 119 Å². The Labute approximate surface area is 117 Å². The lowest BCUT2D eigenvalue weighted by Gasteiger charge is -2.10. The number of nitrogens with zero attached hydrogens (tertiary/aromatic N) is 2. The Hall–Kier alpha value is -3.00. The lowest BCUT2D eigenvalue weighted by atomic mass is 10.2. The molecular weight excluding hydrogens is 280 g/mol. The average Bonchev–Trinajstić information content (AvgIpc) is 2.47. The van der Waals surface area contributed by atoms with Crippen molar-refractivity contribution in [2.75, 3.05) is 0 Å². The monoisotopic (exact) mass is 290 g/mol. The van der Waals surface area contributed by atoms with Crippen molar-refractivity contribution in [2.45, 2.75) is 6.73 Å². The van der Waals surface area contributed by atoms with Gasteiger partial charge in [-0.15, -0.1) is 0 Å². The average molecular weight is 290 g/mol. The molecule has 108 valence electrons. The number of carbonyl (C=O) groups excluding carboxylic acids is 1. The first kappa shape index (κ1) is 14.4. The summed E-state index contributed by atoms with van der Waals surface area (Å²) in [5, 5.41) is 18.0. The number of hydrogen-bond donors (Lipinski definition) is 2. The zero-order valence-corrected chi connectivity index (χ0v) is 10.6. The Morgan fingerprint density at radius 1 is 1.10 bits per heavy atom. The summed E-state index contributed by atoms with van der Waals surface area (Å²) >= 11 is 0. The normalized spacial score (nSPS) is 10.3. The van der Waals surface area contributed by atoms with Crippen molar-refractivity contribution >= 4 is 11.9 Å². The van der Waals surface area contributed by atoms with Crippen molar-refractivity contribution in [1.82, 2.24) is 9.13 Å². The molecule has 0 saturated heterocycles. The largest absolute Gasteiger partial charge is 0.477 e. The van der Waals surface area contributed by atoms with Gasteiger partial charge in [0.2, 0.25) is 0 Å². The number of aliphatic hydroxyl groups is 1. The zero-order valence-electron chi connectivity index (χ0n) is 10.6. The van der Waals surface area contributed by atoms with Crippen LogP contribution in [0.4, 0.5) is 0 Å². The quantitative estimate of drug-likeness (QED) is 0.775. The van der Waals surface area contributed by atoms with Crippen LogP contribution in [-0.2, 0) is 6.73 Å². The Morgan fingerprint density at radius 3 is 2.24 bits per heavy atom. The van der Waals surface area contributed by atoms with E-state index >= 15 is 0 Å². The Morgan fingerprint density at radius 2 is 1.71 bits per heavy atom. The maximum atomic E-state index is 12.3. The fraction of sp³-hybridized carbons (Fsp3) is 0.0769. The van der Waals surface area contributed by atoms with Crippen molar-refractivity contribution in [3.05, 3.63) is 68.5 Å². The van der Waals surface area contributed by atoms with E-state index in [2.05, 4.69) is 0 Å². The third-order valence-corrected chi connectivity index (χ3v) is 2.77. The van der Waals surface area contributed by atoms with Crippen LogP contribution >= 0.6 is 0 Å². The summed E-state index contributed by atoms with van der Waals surface area (Å²) in [4.78, 5) is 47.0. The molecule has 0 spiro atoms. The summed E-state index contributed by atoms with van der Waals surface area (Å²) in [6, 6.07) is 8.14. The van der Waals surface area contributed by atoms with Crippen molar-refractivity contribution < 1.29 is 19.8 Å². The van der Waals surface area contributed by atoms with Crippen molar-refractivity contribution in [1.29, 1.82) is 0 Å². The first-order chi connectivity index (χ1) is 9.97. The summed E-state index contributed by atoms with van der Waals surface area (Å²) in [7, 11) is 0. The molecule has 1 heterocycles. The van der Waals surface area contributed by atoms with Crippen LogP contribution in [0.1, 0.15) is 20.8 Å². The molecule has 0 saturated carbocycles. The van der Waals surface area contributed by atoms with Crippen molar-refractivity contribution in [2.24, 2.45) is 0 Å². The minimum atomic E-state index is -1.60. The van der Waals surface area contributed by atoms with Crippen LogP contribution in [0.2, 0.25) is 0 Å². The molecule has 0 atom stereocenters. The standard InChI is InChI=1S/C13H10N2O6/c16-7-14-10(17)6-9(12(19)20)15(13(14)21)11(18)8-4-2-1-3-5-8/h1-6,16H,7H2,(H,19,20). The molecule has 0 aliphatic heterocycles. The number of benzene rings is 1. The number of hydrogen-bond acceptors (Lipinski definition) is 5. The van der Waals surface area contributed by atoms with Crippen LogP contribution in [0, 0.1) is 0 Å². The second-order valence-electron chi connectivity index (χ2n) is 4.03. The van der Waals surface area contributed by atoms with E-state index in [4.69, 9.17) is 10.2 Å². The molecule has 2 rings (SSSR count). The second-order valence-corrected chi connectivity index (χ2v) is 4.03. The second kappa shape index (κ2) is 5.55. The van der Waals surface area contributed by atoms with Crippen LogP contribution in [0.15, 0.2) is 46.0 Å². The molecule has 8 heteroatoms. The van der Waals surface area contributed by atoms with Gasteiger partial charge in [0.1, 0.15) is 12.4 Å². The maximum absolute atomic E-state index is 12.3. The highest BCUT2D eigenvalue weighted by molar-refractivity contribution is 6.00. The zero-order chi connectivity index (χ0) is 15.6. The van der Waals surface area contributed by atoms with Gasteiger partial charge >= 0.3 is 11.7 Å². The molecule has 1 aromatic heterocycles. The van der Waals surface area contributed by atoms with Gasteiger partial charge in [-0.25, -0.2) is 18.7 Å². The Kier molecular flexibility index (Phi) is 3.81. The molecule has 0 aliphatic carbocycles. The predicted octanol–water partition coefficient (Wildman–Crippen LogP) is -0.654. The summed E-state index contributed by atoms with van der Waals surface area (Å²) in [5.74, 6) is -2.50. The molecule has 0 amide bonds. The van der Waals surface area contributed by atoms with Gasteiger partial charge in [-0.1, -0.05) is 18.2 Å². The summed E-state index contributed by atoms with van der Waals surface area (Å²) in [5.41, 5.74) is -2.90. The number of carboxylic acids is 1. The van der Waals surface area contributed by atoms with Gasteiger partial charge in [0.15, 0.2) is 0 Å². The number of carboxylic acid groups (broad SMARTS) is 1. The summed E-state index contributed by atoms with van der Waals surface area (Å²) in [6.07, 6.45) is 0. The highest BCUT2D eigenvalue weighted by atomic mass is 16.4. The third kappa shape index (κ3) is 2.51. The SMILES string of the molecule is O=C(O)c1cc(=O)n(CO)c(=O)n1C(=O)c1ccccc1. The van der Waals surface area contributed by atoms with Gasteiger partial charge in [-0.2, -0.15) is 0 Å². The highest BCUT2D eigenvalue weighted by Crippen LogP contribution is 2.03. The van der Waals surface area contributed by atoms with E-state index in [1.165, 1.54) is 12.1 Å². The van der Waals surface area contributed by atoms with E-state index in [0.29, 0.717) is 15.2 Å². The minimum absolute atomic E-state index is 0.0743. The summed E-state index contributed by atoms with van der Waals surface area (Å²) < 4.78 is 0.697. The van der Waals surface area contributed by atoms with Gasteiger partial charge in [-0.05, 0) is 12.1 Å². The fourth-order valence-corrected chi connectivity index (χ4v) is 1.77. The molecule has 0 unspecified atom stereocenters. The van der Waals surface area contributed by atoms with Crippen LogP contribution in [0.25, 0.3) is 0 Å². The third-order valence-electron chi connectivity index (χ3n) is 2.77. The number of aliphatic hydroxyl groups excluding tert-OH is 1. The van der Waals surface area contributed by atoms with E-state index in [1.54, 1.807) is 18.2 Å². The van der Waals surface area contributed by atoms with Gasteiger partial charge in [0.05, 0.1) is 0 Å². The lowest BCUT2D eigenvalue weighted by Crippen LogP contribution is -2.44. The molecule has 8 nitrogen and oxygen atoms in total. The maximum Gasteiger partial charge on any atom is 0.353 e. The number of rotatable bonds is 3. The number of carbonyl (C=O) groups is 2. The fourth-order valence-electron chi connectivity index (χ4n) is 1.77. The molecule has 0 radical (unpaired) electrons. The van der Waals surface area contributed by atoms with Crippen molar-refractivity contribution in [3.63, 3.8) is 0 Å². The van der Waals surface area contributed by atoms with Gasteiger partial charge in [0.25, 0.3) is 11.5 Å². The van der Waals surface area contributed by atoms with Gasteiger partial charge in [0, 0.05) is 11.6 Å². The van der Waals surface area contributed by atoms with Crippen LogP contribution in [0.5, 0.6) is 0 Å². The van der Waals surface area contributed by atoms with E-state index < -0.39 is 35.6 Å². The smallest absolute Gasteiger partial charge is 0.353 e. The Balaban J connectivity index is 2.78. The minimum Gasteiger partial charge on any atom is -0.477 e. The van der Waals surface area contributed by atoms with Crippen LogP contribution in [-0.4, -0.2) is 31.2 Å². The molecule has 2 N–H and O–H groups in total. The van der Waals surface area contributed by atoms with Crippen LogP contribution < -0.4 is 11.2 Å². The van der Waals surface area contributed by atoms with E-state index in [-0.39, 0.29) is 5.56 Å².